The van der Waals surface area contributed by atoms with Crippen molar-refractivity contribution in [2.45, 2.75) is 26.1 Å². The van der Waals surface area contributed by atoms with Gasteiger partial charge < -0.3 is 15.0 Å². The van der Waals surface area contributed by atoms with E-state index in [-0.39, 0.29) is 17.6 Å². The molecule has 1 aromatic heterocycles. The molecule has 2 aromatic carbocycles. The Morgan fingerprint density at radius 2 is 1.97 bits per heavy atom. The molecule has 0 bridgehead atoms. The average molecular weight is 431 g/mol. The first-order valence-electron chi connectivity index (χ1n) is 9.13. The van der Waals surface area contributed by atoms with Gasteiger partial charge in [-0.15, -0.1) is 0 Å². The van der Waals surface area contributed by atoms with Crippen molar-refractivity contribution >= 4 is 11.6 Å². The molecule has 3 rings (SSSR count). The Morgan fingerprint density at radius 3 is 2.61 bits per heavy atom. The number of carbonyl (C=O) groups is 1. The number of nitrogens with zero attached hydrogens (tertiary/aromatic N) is 1. The van der Waals surface area contributed by atoms with Gasteiger partial charge in [0.25, 0.3) is 0 Å². The van der Waals surface area contributed by atoms with Crippen molar-refractivity contribution in [1.82, 2.24) is 9.97 Å². The van der Waals surface area contributed by atoms with Crippen molar-refractivity contribution in [3.63, 3.8) is 0 Å². The monoisotopic (exact) mass is 431 g/mol. The summed E-state index contributed by atoms with van der Waals surface area (Å²) in [7, 11) is 0. The maximum atomic E-state index is 13.2. The summed E-state index contributed by atoms with van der Waals surface area (Å²) in [4.78, 5) is 18.3. The summed E-state index contributed by atoms with van der Waals surface area (Å²) in [5, 5.41) is 2.55. The molecular formula is C22H17F4N3O2. The number of nitrogens with one attached hydrogen (secondary N) is 2. The number of aromatic nitrogens is 2. The van der Waals surface area contributed by atoms with Gasteiger partial charge in [-0.25, -0.2) is 9.37 Å². The summed E-state index contributed by atoms with van der Waals surface area (Å²) in [6.45, 7) is 3.57. The van der Waals surface area contributed by atoms with Crippen LogP contribution in [0, 0.1) is 17.7 Å². The number of aromatic amines is 1. The normalized spacial score (nSPS) is 11.1. The fraction of sp³-hybridized carbons (Fsp3) is 0.182. The lowest BCUT2D eigenvalue weighted by Gasteiger charge is -2.15. The number of rotatable bonds is 4. The molecule has 1 heterocycles. The van der Waals surface area contributed by atoms with Crippen LogP contribution in [-0.4, -0.2) is 22.0 Å². The van der Waals surface area contributed by atoms with Crippen molar-refractivity contribution < 1.29 is 27.1 Å². The molecule has 5 nitrogen and oxygen atoms in total. The number of ether oxygens (including phenoxy) is 1. The van der Waals surface area contributed by atoms with E-state index in [1.807, 2.05) is 0 Å². The molecule has 0 aliphatic rings. The lowest BCUT2D eigenvalue weighted by Crippen LogP contribution is -2.13. The number of hydrogen-bond acceptors (Lipinski definition) is 3. The van der Waals surface area contributed by atoms with Gasteiger partial charge in [0.05, 0.1) is 18.0 Å². The van der Waals surface area contributed by atoms with Gasteiger partial charge in [0.2, 0.25) is 0 Å². The number of hydrogen-bond donors (Lipinski definition) is 2. The highest BCUT2D eigenvalue weighted by molar-refractivity contribution is 6.05. The molecule has 9 heteroatoms. The molecule has 0 fully saturated rings. The Balaban J connectivity index is 1.89. The molecule has 0 atom stereocenters. The van der Waals surface area contributed by atoms with Crippen molar-refractivity contribution in [1.29, 1.82) is 0 Å². The molecule has 160 valence electrons. The third-order valence-electron chi connectivity index (χ3n) is 3.89. The summed E-state index contributed by atoms with van der Waals surface area (Å²) in [6, 6.07) is 9.92. The Labute approximate surface area is 175 Å². The average Bonchev–Trinajstić information content (AvgIpc) is 3.18. The van der Waals surface area contributed by atoms with Crippen LogP contribution in [0.5, 0.6) is 5.75 Å². The van der Waals surface area contributed by atoms with Gasteiger partial charge in [-0.05, 0) is 50.2 Å². The number of halogens is 4. The molecule has 0 saturated carbocycles. The number of amides is 1. The number of carbonyl (C=O) groups excluding carboxylic acids is 1. The van der Waals surface area contributed by atoms with Gasteiger partial charge in [0.1, 0.15) is 23.1 Å². The van der Waals surface area contributed by atoms with Crippen molar-refractivity contribution in [2.75, 3.05) is 5.32 Å². The summed E-state index contributed by atoms with van der Waals surface area (Å²) in [5.74, 6) is 3.99. The van der Waals surface area contributed by atoms with Crippen LogP contribution in [0.1, 0.15) is 25.1 Å². The van der Waals surface area contributed by atoms with E-state index in [4.69, 9.17) is 4.74 Å². The third kappa shape index (κ3) is 5.85. The van der Waals surface area contributed by atoms with Crippen LogP contribution >= 0.6 is 0 Å². The van der Waals surface area contributed by atoms with E-state index in [9.17, 15) is 22.4 Å². The molecule has 0 aliphatic carbocycles. The molecule has 0 spiro atoms. The van der Waals surface area contributed by atoms with Crippen molar-refractivity contribution in [2.24, 2.45) is 0 Å². The van der Waals surface area contributed by atoms with Crippen molar-refractivity contribution in [3.05, 3.63) is 65.7 Å². The van der Waals surface area contributed by atoms with E-state index in [2.05, 4.69) is 27.1 Å². The smallest absolute Gasteiger partial charge is 0.432 e. The minimum absolute atomic E-state index is 0.0234. The second kappa shape index (κ2) is 8.92. The maximum absolute atomic E-state index is 13.2. The van der Waals surface area contributed by atoms with E-state index >= 15 is 0 Å². The minimum atomic E-state index is -4.56. The topological polar surface area (TPSA) is 67.0 Å². The first-order valence-corrected chi connectivity index (χ1v) is 9.13. The van der Waals surface area contributed by atoms with Crippen LogP contribution in [0.25, 0.3) is 11.4 Å². The van der Waals surface area contributed by atoms with Crippen LogP contribution in [-0.2, 0) is 11.0 Å². The number of alkyl halides is 3. The van der Waals surface area contributed by atoms with Crippen LogP contribution in [0.3, 0.4) is 0 Å². The van der Waals surface area contributed by atoms with E-state index in [1.54, 1.807) is 19.9 Å². The third-order valence-corrected chi connectivity index (χ3v) is 3.89. The lowest BCUT2D eigenvalue weighted by atomic mass is 10.1. The number of anilines is 1. The maximum Gasteiger partial charge on any atom is 0.432 e. The second-order valence-corrected chi connectivity index (χ2v) is 6.74. The zero-order valence-corrected chi connectivity index (χ0v) is 16.5. The summed E-state index contributed by atoms with van der Waals surface area (Å²) in [6.07, 6.45) is -4.09. The Bertz CT molecular complexity index is 1160. The summed E-state index contributed by atoms with van der Waals surface area (Å²) >= 11 is 0. The largest absolute Gasteiger partial charge is 0.489 e. The molecule has 0 saturated heterocycles. The zero-order chi connectivity index (χ0) is 22.6. The first kappa shape index (κ1) is 21.9. The van der Waals surface area contributed by atoms with Crippen LogP contribution in [0.2, 0.25) is 0 Å². The Kier molecular flexibility index (Phi) is 6.30. The zero-order valence-electron chi connectivity index (χ0n) is 16.5. The van der Waals surface area contributed by atoms with E-state index in [0.29, 0.717) is 23.1 Å². The van der Waals surface area contributed by atoms with Crippen LogP contribution in [0.15, 0.2) is 48.7 Å². The van der Waals surface area contributed by atoms with E-state index in [0.717, 1.165) is 0 Å². The van der Waals surface area contributed by atoms with Gasteiger partial charge in [0.15, 0.2) is 0 Å². The fourth-order valence-electron chi connectivity index (χ4n) is 2.59. The fourth-order valence-corrected chi connectivity index (χ4v) is 2.59. The van der Waals surface area contributed by atoms with E-state index in [1.165, 1.54) is 36.4 Å². The standard InChI is InChI=1S/C22H17F4N3O2/c1-13(2)31-18-8-7-15(21-27-12-19(29-21)22(24,25)26)11-17(18)28-20(30)9-6-14-4-3-5-16(23)10-14/h3-5,7-8,10-13H,1-2H3,(H,27,29)(H,28,30). The molecular weight excluding hydrogens is 414 g/mol. The molecule has 31 heavy (non-hydrogen) atoms. The minimum Gasteiger partial charge on any atom is -0.489 e. The second-order valence-electron chi connectivity index (χ2n) is 6.74. The predicted molar refractivity (Wildman–Crippen MR) is 107 cm³/mol. The summed E-state index contributed by atoms with van der Waals surface area (Å²) in [5.41, 5.74) is -0.163. The van der Waals surface area contributed by atoms with Crippen molar-refractivity contribution in [3.8, 4) is 29.0 Å². The van der Waals surface area contributed by atoms with Gasteiger partial charge in [-0.2, -0.15) is 13.2 Å². The molecule has 0 unspecified atom stereocenters. The predicted octanol–water partition coefficient (Wildman–Crippen LogP) is 5.01. The lowest BCUT2D eigenvalue weighted by molar-refractivity contribution is -0.140. The summed E-state index contributed by atoms with van der Waals surface area (Å²) < 4.78 is 57.4. The van der Waals surface area contributed by atoms with Gasteiger partial charge in [-0.1, -0.05) is 12.0 Å². The Morgan fingerprint density at radius 1 is 1.19 bits per heavy atom. The molecule has 0 aliphatic heterocycles. The molecule has 0 radical (unpaired) electrons. The van der Waals surface area contributed by atoms with Gasteiger partial charge >= 0.3 is 12.1 Å². The van der Waals surface area contributed by atoms with Gasteiger partial charge in [-0.3, -0.25) is 4.79 Å². The van der Waals surface area contributed by atoms with Gasteiger partial charge in [0, 0.05) is 17.0 Å². The van der Waals surface area contributed by atoms with E-state index < -0.39 is 23.6 Å². The highest BCUT2D eigenvalue weighted by Gasteiger charge is 2.33. The highest BCUT2D eigenvalue weighted by atomic mass is 19.4. The quantitative estimate of drug-likeness (QED) is 0.451. The highest BCUT2D eigenvalue weighted by Crippen LogP contribution is 2.33. The molecule has 2 N–H and O–H groups in total. The first-order chi connectivity index (χ1) is 14.6. The molecule has 3 aromatic rings. The number of H-pyrrole nitrogens is 1. The molecule has 1 amide bonds. The Hall–Kier alpha value is -3.80. The van der Waals surface area contributed by atoms with Crippen LogP contribution in [0.4, 0.5) is 23.2 Å². The number of benzene rings is 2. The number of imidazole rings is 1. The SMILES string of the molecule is CC(C)Oc1ccc(-c2ncc(C(F)(F)F)[nH]2)cc1NC(=O)C#Cc1cccc(F)c1. The van der Waals surface area contributed by atoms with Crippen LogP contribution < -0.4 is 10.1 Å².